The molecule has 3 heterocycles. The van der Waals surface area contributed by atoms with Crippen LogP contribution in [0.2, 0.25) is 5.02 Å². The zero-order valence-corrected chi connectivity index (χ0v) is 23.2. The van der Waals surface area contributed by atoms with Crippen LogP contribution in [0, 0.1) is 20.8 Å². The first-order valence-electron chi connectivity index (χ1n) is 12.6. The molecule has 0 spiro atoms. The molecule has 0 radical (unpaired) electrons. The number of carbonyl (C=O) groups excluding carboxylic acids is 1. The van der Waals surface area contributed by atoms with Crippen molar-refractivity contribution in [1.29, 1.82) is 0 Å². The molecule has 0 aliphatic carbocycles. The molecule has 194 valence electrons. The quantitative estimate of drug-likeness (QED) is 0.262. The predicted octanol–water partition coefficient (Wildman–Crippen LogP) is 6.45. The monoisotopic (exact) mass is 543 g/mol. The Morgan fingerprint density at radius 1 is 1.05 bits per heavy atom. The van der Waals surface area contributed by atoms with Gasteiger partial charge in [0.1, 0.15) is 0 Å². The minimum Gasteiger partial charge on any atom is -0.352 e. The largest absolute Gasteiger partial charge is 0.352 e. The smallest absolute Gasteiger partial charge is 0.226 e. The minimum atomic E-state index is -0.150. The number of thiocarbonyl (C=S) groups is 1. The second-order valence-electron chi connectivity index (χ2n) is 9.62. The van der Waals surface area contributed by atoms with Gasteiger partial charge in [0.05, 0.1) is 17.8 Å². The van der Waals surface area contributed by atoms with Crippen molar-refractivity contribution < 1.29 is 4.79 Å². The molecule has 6 nitrogen and oxygen atoms in total. The number of nitrogens with zero attached hydrogens (tertiary/aromatic N) is 3. The maximum absolute atomic E-state index is 12.9. The van der Waals surface area contributed by atoms with Gasteiger partial charge in [-0.1, -0.05) is 35.4 Å². The second-order valence-corrected chi connectivity index (χ2v) is 10.4. The highest BCUT2D eigenvalue weighted by atomic mass is 35.5. The van der Waals surface area contributed by atoms with Crippen molar-refractivity contribution >= 4 is 40.5 Å². The van der Waals surface area contributed by atoms with Crippen LogP contribution in [0.1, 0.15) is 46.7 Å². The number of pyridine rings is 1. The van der Waals surface area contributed by atoms with Gasteiger partial charge in [0, 0.05) is 46.9 Å². The van der Waals surface area contributed by atoms with E-state index in [1.165, 1.54) is 0 Å². The Balaban J connectivity index is 1.46. The van der Waals surface area contributed by atoms with Crippen molar-refractivity contribution in [2.75, 3.05) is 11.9 Å². The van der Waals surface area contributed by atoms with Crippen molar-refractivity contribution in [2.24, 2.45) is 0 Å². The van der Waals surface area contributed by atoms with E-state index >= 15 is 0 Å². The summed E-state index contributed by atoms with van der Waals surface area (Å²) in [5.41, 5.74) is 7.24. The summed E-state index contributed by atoms with van der Waals surface area (Å²) in [4.78, 5) is 19.6. The Kier molecular flexibility index (Phi) is 7.49. The number of hydrogen-bond donors (Lipinski definition) is 2. The normalized spacial score (nSPS) is 16.9. The first-order chi connectivity index (χ1) is 18.3. The molecular weight excluding hydrogens is 514 g/mol. The third kappa shape index (κ3) is 5.30. The highest BCUT2D eigenvalue weighted by Gasteiger charge is 2.41. The number of halogens is 1. The van der Waals surface area contributed by atoms with Crippen LogP contribution >= 0.6 is 23.8 Å². The Bertz CT molecular complexity index is 1450. The molecular formula is C30H30ClN5OS. The molecule has 2 aromatic carbocycles. The van der Waals surface area contributed by atoms with Crippen LogP contribution in [0.4, 0.5) is 5.69 Å². The van der Waals surface area contributed by atoms with Gasteiger partial charge in [-0.05, 0) is 93.1 Å². The van der Waals surface area contributed by atoms with E-state index in [0.29, 0.717) is 23.1 Å². The zero-order chi connectivity index (χ0) is 26.8. The van der Waals surface area contributed by atoms with E-state index in [1.807, 2.05) is 73.7 Å². The van der Waals surface area contributed by atoms with Crippen LogP contribution < -0.4 is 10.6 Å². The number of benzene rings is 2. The van der Waals surface area contributed by atoms with Crippen LogP contribution in [0.3, 0.4) is 0 Å². The summed E-state index contributed by atoms with van der Waals surface area (Å²) >= 11 is 12.0. The number of aromatic nitrogens is 2. The van der Waals surface area contributed by atoms with Crippen LogP contribution in [0.25, 0.3) is 5.69 Å². The number of rotatable bonds is 7. The fourth-order valence-corrected chi connectivity index (χ4v) is 5.60. The second kappa shape index (κ2) is 11.0. The van der Waals surface area contributed by atoms with Crippen molar-refractivity contribution in [3.63, 3.8) is 0 Å². The lowest BCUT2D eigenvalue weighted by Crippen LogP contribution is -2.32. The van der Waals surface area contributed by atoms with Gasteiger partial charge in [-0.3, -0.25) is 9.78 Å². The van der Waals surface area contributed by atoms with E-state index in [-0.39, 0.29) is 18.0 Å². The fraction of sp³-hybridized carbons (Fsp3) is 0.233. The van der Waals surface area contributed by atoms with Crippen molar-refractivity contribution in [2.45, 2.75) is 39.3 Å². The number of anilines is 1. The molecule has 0 saturated carbocycles. The summed E-state index contributed by atoms with van der Waals surface area (Å²) in [6.07, 6.45) is 2.10. The average molecular weight is 544 g/mol. The van der Waals surface area contributed by atoms with Crippen LogP contribution in [0.15, 0.2) is 79.0 Å². The van der Waals surface area contributed by atoms with Gasteiger partial charge < -0.3 is 20.1 Å². The standard InChI is InChI=1S/C30H30ClN5OS/c1-19-7-11-23(12-8-19)33-27(37)15-17-35-29(28(34-30(35)38)26-6-4-5-16-32-26)25-18-20(2)36(21(25)3)24-13-9-22(31)10-14-24/h4-14,16,18,28-29H,15,17H2,1-3H3,(H,33,37)(H,34,38)/t28-,29+/m1/s1. The summed E-state index contributed by atoms with van der Waals surface area (Å²) in [5.74, 6) is -0.0525. The molecule has 1 fully saturated rings. The molecule has 8 heteroatoms. The number of aryl methyl sites for hydroxylation is 2. The fourth-order valence-electron chi connectivity index (χ4n) is 5.14. The summed E-state index contributed by atoms with van der Waals surface area (Å²) in [6, 6.07) is 23.5. The number of hydrogen-bond acceptors (Lipinski definition) is 3. The predicted molar refractivity (Wildman–Crippen MR) is 157 cm³/mol. The maximum Gasteiger partial charge on any atom is 0.226 e. The Morgan fingerprint density at radius 3 is 2.47 bits per heavy atom. The van der Waals surface area contributed by atoms with E-state index < -0.39 is 0 Å². The van der Waals surface area contributed by atoms with Gasteiger partial charge in [-0.2, -0.15) is 0 Å². The topological polar surface area (TPSA) is 62.2 Å². The first-order valence-corrected chi connectivity index (χ1v) is 13.4. The van der Waals surface area contributed by atoms with Gasteiger partial charge in [-0.25, -0.2) is 0 Å². The minimum absolute atomic E-state index is 0.0525. The molecule has 1 aliphatic heterocycles. The lowest BCUT2D eigenvalue weighted by atomic mass is 9.96. The van der Waals surface area contributed by atoms with Crippen molar-refractivity contribution in [3.05, 3.63) is 112 Å². The van der Waals surface area contributed by atoms with Gasteiger partial charge in [0.25, 0.3) is 0 Å². The first kappa shape index (κ1) is 25.9. The molecule has 0 bridgehead atoms. The molecule has 1 saturated heterocycles. The molecule has 2 N–H and O–H groups in total. The SMILES string of the molecule is Cc1ccc(NC(=O)CCN2C(=S)N[C@H](c3ccccn3)[C@@H]2c2cc(C)n(-c3ccc(Cl)cc3)c2C)cc1. The number of amides is 1. The van der Waals surface area contributed by atoms with Gasteiger partial charge >= 0.3 is 0 Å². The third-order valence-corrected chi connectivity index (χ3v) is 7.59. The Morgan fingerprint density at radius 2 is 1.79 bits per heavy atom. The molecule has 4 aromatic rings. The highest BCUT2D eigenvalue weighted by Crippen LogP contribution is 2.41. The number of carbonyl (C=O) groups is 1. The van der Waals surface area contributed by atoms with Crippen molar-refractivity contribution in [1.82, 2.24) is 19.8 Å². The van der Waals surface area contributed by atoms with E-state index in [9.17, 15) is 4.79 Å². The molecule has 2 aromatic heterocycles. The summed E-state index contributed by atoms with van der Waals surface area (Å²) in [7, 11) is 0. The van der Waals surface area contributed by atoms with E-state index in [0.717, 1.165) is 39.6 Å². The molecule has 2 atom stereocenters. The lowest BCUT2D eigenvalue weighted by Gasteiger charge is -2.28. The zero-order valence-electron chi connectivity index (χ0n) is 21.6. The van der Waals surface area contributed by atoms with Crippen LogP contribution in [0.5, 0.6) is 0 Å². The average Bonchev–Trinajstić information content (AvgIpc) is 3.39. The molecule has 0 unspecified atom stereocenters. The molecule has 5 rings (SSSR count). The van der Waals surface area contributed by atoms with Crippen molar-refractivity contribution in [3.8, 4) is 5.69 Å². The van der Waals surface area contributed by atoms with Gasteiger partial charge in [-0.15, -0.1) is 0 Å². The summed E-state index contributed by atoms with van der Waals surface area (Å²) in [6.45, 7) is 6.72. The van der Waals surface area contributed by atoms with Gasteiger partial charge in [0.15, 0.2) is 5.11 Å². The third-order valence-electron chi connectivity index (χ3n) is 6.99. The highest BCUT2D eigenvalue weighted by molar-refractivity contribution is 7.80. The van der Waals surface area contributed by atoms with E-state index in [2.05, 4.69) is 45.0 Å². The lowest BCUT2D eigenvalue weighted by molar-refractivity contribution is -0.116. The Hall–Kier alpha value is -3.68. The maximum atomic E-state index is 12.9. The van der Waals surface area contributed by atoms with E-state index in [1.54, 1.807) is 6.20 Å². The number of nitrogens with one attached hydrogen (secondary N) is 2. The Labute approximate surface area is 233 Å². The summed E-state index contributed by atoms with van der Waals surface area (Å²) < 4.78 is 2.23. The molecule has 1 aliphatic rings. The molecule has 38 heavy (non-hydrogen) atoms. The molecule has 1 amide bonds. The van der Waals surface area contributed by atoms with E-state index in [4.69, 9.17) is 23.8 Å². The van der Waals surface area contributed by atoms with Gasteiger partial charge in [0.2, 0.25) is 5.91 Å². The van der Waals surface area contributed by atoms with Crippen LogP contribution in [-0.4, -0.2) is 32.0 Å². The van der Waals surface area contributed by atoms with Crippen LogP contribution in [-0.2, 0) is 4.79 Å². The summed E-state index contributed by atoms with van der Waals surface area (Å²) in [5, 5.41) is 7.80.